The highest BCUT2D eigenvalue weighted by molar-refractivity contribution is 7.83. The van der Waals surface area contributed by atoms with Gasteiger partial charge in [0.25, 0.3) is 0 Å². The van der Waals surface area contributed by atoms with Gasteiger partial charge in [0.2, 0.25) is 0 Å². The number of hydrogen-bond donors (Lipinski definition) is 7. The van der Waals surface area contributed by atoms with Crippen molar-refractivity contribution in [1.29, 1.82) is 0 Å². The van der Waals surface area contributed by atoms with Gasteiger partial charge < -0.3 is 20.4 Å². The Labute approximate surface area is 150 Å². The van der Waals surface area contributed by atoms with E-state index in [0.29, 0.717) is 0 Å². The van der Waals surface area contributed by atoms with Crippen LogP contribution in [0.3, 0.4) is 0 Å². The van der Waals surface area contributed by atoms with E-state index in [1.165, 1.54) is 0 Å². The molecule has 0 heterocycles. The van der Waals surface area contributed by atoms with Crippen LogP contribution in [0.4, 0.5) is 0 Å². The van der Waals surface area contributed by atoms with Crippen LogP contribution in [0.5, 0.6) is 0 Å². The van der Waals surface area contributed by atoms with Crippen molar-refractivity contribution < 1.29 is 34.8 Å². The second-order valence-electron chi connectivity index (χ2n) is 5.42. The Kier molecular flexibility index (Phi) is 9.41. The minimum Gasteiger partial charge on any atom is -0.481 e. The summed E-state index contributed by atoms with van der Waals surface area (Å²) in [6, 6.07) is 0. The summed E-state index contributed by atoms with van der Waals surface area (Å²) in [7, 11) is 0. The topological polar surface area (TPSA) is 132 Å². The first-order valence-corrected chi connectivity index (χ1v) is 8.35. The smallest absolute Gasteiger partial charge is 0.304 e. The van der Waals surface area contributed by atoms with Gasteiger partial charge in [-0.2, -0.15) is 37.9 Å². The van der Waals surface area contributed by atoms with Gasteiger partial charge in [0, 0.05) is 27.8 Å². The Morgan fingerprint density at radius 3 is 1.26 bits per heavy atom. The Morgan fingerprint density at radius 1 is 0.826 bits per heavy atom. The zero-order chi connectivity index (χ0) is 18.4. The van der Waals surface area contributed by atoms with E-state index in [1.54, 1.807) is 6.92 Å². The van der Waals surface area contributed by atoms with E-state index in [1.807, 2.05) is 0 Å². The molecule has 4 unspecified atom stereocenters. The largest absolute Gasteiger partial charge is 0.481 e. The molecule has 23 heavy (non-hydrogen) atoms. The Bertz CT molecular complexity index is 388. The Balaban J connectivity index is 6.03. The second kappa shape index (κ2) is 9.65. The monoisotopic (exact) mass is 386 g/mol. The van der Waals surface area contributed by atoms with Crippen molar-refractivity contribution in [2.45, 2.75) is 41.9 Å². The van der Waals surface area contributed by atoms with Crippen LogP contribution in [0.15, 0.2) is 0 Å². The van der Waals surface area contributed by atoms with Crippen LogP contribution in [0.1, 0.15) is 26.2 Å². The van der Waals surface area contributed by atoms with Crippen LogP contribution in [-0.2, 0) is 14.4 Å². The van der Waals surface area contributed by atoms with Crippen molar-refractivity contribution in [1.82, 2.24) is 0 Å². The van der Waals surface area contributed by atoms with E-state index in [-0.39, 0.29) is 0 Å². The lowest BCUT2D eigenvalue weighted by molar-refractivity contribution is -0.138. The molecule has 7 nitrogen and oxygen atoms in total. The SMILES string of the molecule is CC(CO)C(C(S)CC(=O)O)(C(S)CC(=O)O)C(S)CC(=O)O. The predicted octanol–water partition coefficient (Wildman–Crippen LogP) is 0.920. The van der Waals surface area contributed by atoms with Crippen LogP contribution in [-0.4, -0.2) is 60.7 Å². The molecular formula is C13H22O7S3. The minimum atomic E-state index is -1.32. The van der Waals surface area contributed by atoms with Gasteiger partial charge in [-0.05, 0) is 5.92 Å². The highest BCUT2D eigenvalue weighted by atomic mass is 32.1. The van der Waals surface area contributed by atoms with E-state index >= 15 is 0 Å². The molecular weight excluding hydrogens is 364 g/mol. The zero-order valence-electron chi connectivity index (χ0n) is 12.5. The molecule has 0 amide bonds. The van der Waals surface area contributed by atoms with Crippen LogP contribution >= 0.6 is 37.9 Å². The maximum absolute atomic E-state index is 11.1. The van der Waals surface area contributed by atoms with E-state index in [9.17, 15) is 19.5 Å². The van der Waals surface area contributed by atoms with Crippen molar-refractivity contribution in [3.63, 3.8) is 0 Å². The number of rotatable bonds is 11. The number of hydrogen-bond acceptors (Lipinski definition) is 7. The molecule has 0 aliphatic carbocycles. The number of carboxylic acids is 3. The lowest BCUT2D eigenvalue weighted by Gasteiger charge is -2.49. The van der Waals surface area contributed by atoms with Crippen molar-refractivity contribution in [3.05, 3.63) is 0 Å². The number of thiol groups is 3. The molecule has 0 aliphatic heterocycles. The maximum atomic E-state index is 11.1. The first-order valence-electron chi connectivity index (χ1n) is 6.80. The van der Waals surface area contributed by atoms with Gasteiger partial charge in [-0.3, -0.25) is 14.4 Å². The molecule has 0 radical (unpaired) electrons. The number of aliphatic hydroxyl groups is 1. The van der Waals surface area contributed by atoms with Gasteiger partial charge in [0.1, 0.15) is 0 Å². The van der Waals surface area contributed by atoms with Gasteiger partial charge >= 0.3 is 17.9 Å². The summed E-state index contributed by atoms with van der Waals surface area (Å²) in [4.78, 5) is 33.2. The Morgan fingerprint density at radius 2 is 1.09 bits per heavy atom. The molecule has 0 bridgehead atoms. The molecule has 134 valence electrons. The number of carbonyl (C=O) groups is 3. The van der Waals surface area contributed by atoms with Crippen LogP contribution in [0.2, 0.25) is 0 Å². The van der Waals surface area contributed by atoms with Crippen molar-refractivity contribution in [3.8, 4) is 0 Å². The molecule has 0 saturated carbocycles. The standard InChI is InChI=1S/C13H22O7S3/c1-6(5-14)13(7(21)2-10(15)16,8(22)3-11(17)18)9(23)4-12(19)20/h6-9,14,21-23H,2-5H2,1H3,(H,15,16)(H,17,18)(H,19,20). The van der Waals surface area contributed by atoms with Crippen molar-refractivity contribution in [2.24, 2.45) is 11.3 Å². The van der Waals surface area contributed by atoms with Gasteiger partial charge in [0.15, 0.2) is 0 Å². The zero-order valence-corrected chi connectivity index (χ0v) is 15.2. The molecule has 4 atom stereocenters. The van der Waals surface area contributed by atoms with E-state index in [0.717, 1.165) is 0 Å². The van der Waals surface area contributed by atoms with Gasteiger partial charge in [0.05, 0.1) is 19.3 Å². The fourth-order valence-corrected chi connectivity index (χ4v) is 5.50. The summed E-state index contributed by atoms with van der Waals surface area (Å²) in [5, 5.41) is 33.9. The summed E-state index contributed by atoms with van der Waals surface area (Å²) in [5.74, 6) is -4.18. The third-order valence-corrected chi connectivity index (χ3v) is 5.85. The first kappa shape index (κ1) is 22.4. The lowest BCUT2D eigenvalue weighted by atomic mass is 9.65. The van der Waals surface area contributed by atoms with E-state index in [2.05, 4.69) is 37.9 Å². The summed E-state index contributed by atoms with van der Waals surface area (Å²) in [6.07, 6.45) is -1.33. The summed E-state index contributed by atoms with van der Waals surface area (Å²) < 4.78 is 0. The number of aliphatic hydroxyl groups excluding tert-OH is 1. The average molecular weight is 387 g/mol. The molecule has 0 aromatic rings. The van der Waals surface area contributed by atoms with Crippen molar-refractivity contribution >= 4 is 55.8 Å². The van der Waals surface area contributed by atoms with E-state index < -0.39 is 70.9 Å². The fraction of sp³-hybridized carbons (Fsp3) is 0.769. The third kappa shape index (κ3) is 5.77. The maximum Gasteiger partial charge on any atom is 0.304 e. The van der Waals surface area contributed by atoms with Crippen LogP contribution in [0, 0.1) is 11.3 Å². The molecule has 0 aliphatic rings. The first-order chi connectivity index (χ1) is 10.5. The van der Waals surface area contributed by atoms with Crippen molar-refractivity contribution in [2.75, 3.05) is 6.61 Å². The normalized spacial score (nSPS) is 19.2. The molecule has 0 fully saturated rings. The highest BCUT2D eigenvalue weighted by Gasteiger charge is 2.52. The summed E-state index contributed by atoms with van der Waals surface area (Å²) in [5.41, 5.74) is -1.32. The van der Waals surface area contributed by atoms with Gasteiger partial charge in [-0.1, -0.05) is 6.92 Å². The third-order valence-electron chi connectivity index (χ3n) is 3.96. The van der Waals surface area contributed by atoms with Gasteiger partial charge in [-0.15, -0.1) is 0 Å². The second-order valence-corrected chi connectivity index (χ2v) is 7.29. The van der Waals surface area contributed by atoms with E-state index in [4.69, 9.17) is 15.3 Å². The Hall–Kier alpha value is -0.580. The molecule has 0 rings (SSSR count). The number of carboxylic acid groups (broad SMARTS) is 3. The molecule has 0 aromatic carbocycles. The van der Waals surface area contributed by atoms with Crippen LogP contribution < -0.4 is 0 Å². The molecule has 0 saturated heterocycles. The van der Waals surface area contributed by atoms with Crippen LogP contribution in [0.25, 0.3) is 0 Å². The number of aliphatic carboxylic acids is 3. The molecule has 4 N–H and O–H groups in total. The van der Waals surface area contributed by atoms with Gasteiger partial charge in [-0.25, -0.2) is 0 Å². The summed E-state index contributed by atoms with van der Waals surface area (Å²) >= 11 is 12.9. The summed E-state index contributed by atoms with van der Waals surface area (Å²) in [6.45, 7) is 1.16. The molecule has 0 aromatic heterocycles. The molecule has 10 heteroatoms. The minimum absolute atomic E-state index is 0.413. The predicted molar refractivity (Wildman–Crippen MR) is 93.8 cm³/mol. The highest BCUT2D eigenvalue weighted by Crippen LogP contribution is 2.49. The molecule has 0 spiro atoms. The average Bonchev–Trinajstić information content (AvgIpc) is 2.36. The fourth-order valence-electron chi connectivity index (χ4n) is 2.84. The quantitative estimate of drug-likeness (QED) is 0.263. The lowest BCUT2D eigenvalue weighted by Crippen LogP contribution is -2.55.